The lowest BCUT2D eigenvalue weighted by Gasteiger charge is -2.18. The van der Waals surface area contributed by atoms with Crippen molar-refractivity contribution in [2.24, 2.45) is 0 Å². The van der Waals surface area contributed by atoms with Crippen molar-refractivity contribution in [3.63, 3.8) is 0 Å². The lowest BCUT2D eigenvalue weighted by atomic mass is 10.0. The van der Waals surface area contributed by atoms with Crippen LogP contribution in [0.3, 0.4) is 0 Å². The highest BCUT2D eigenvalue weighted by Gasteiger charge is 2.22. The third-order valence-electron chi connectivity index (χ3n) is 5.55. The summed E-state index contributed by atoms with van der Waals surface area (Å²) in [6.45, 7) is 8.92. The first kappa shape index (κ1) is 22.7. The van der Waals surface area contributed by atoms with E-state index in [9.17, 15) is 4.79 Å². The van der Waals surface area contributed by atoms with E-state index in [-0.39, 0.29) is 11.9 Å². The molecule has 0 saturated carbocycles. The third-order valence-corrected chi connectivity index (χ3v) is 5.55. The van der Waals surface area contributed by atoms with Crippen LogP contribution in [-0.2, 0) is 11.2 Å². The van der Waals surface area contributed by atoms with Crippen molar-refractivity contribution in [2.45, 2.75) is 40.2 Å². The monoisotopic (exact) mass is 424 g/mol. The van der Waals surface area contributed by atoms with E-state index < -0.39 is 0 Å². The lowest BCUT2D eigenvalue weighted by molar-refractivity contribution is 0.0823. The number of aryl methyl sites for hydroxylation is 3. The lowest BCUT2D eigenvalue weighted by Crippen LogP contribution is -2.23. The summed E-state index contributed by atoms with van der Waals surface area (Å²) >= 11 is 0. The van der Waals surface area contributed by atoms with Gasteiger partial charge in [0, 0.05) is 33.0 Å². The maximum atomic E-state index is 12.8. The van der Waals surface area contributed by atoms with Gasteiger partial charge in [-0.3, -0.25) is 4.79 Å². The summed E-state index contributed by atoms with van der Waals surface area (Å²) in [7, 11) is 6.69. The van der Waals surface area contributed by atoms with Gasteiger partial charge < -0.3 is 18.9 Å². The van der Waals surface area contributed by atoms with Gasteiger partial charge in [0.15, 0.2) is 0 Å². The molecule has 3 heterocycles. The van der Waals surface area contributed by atoms with Crippen molar-refractivity contribution in [1.82, 2.24) is 19.4 Å². The molecule has 0 bridgehead atoms. The fourth-order valence-electron chi connectivity index (χ4n) is 3.94. The quantitative estimate of drug-likeness (QED) is 0.569. The van der Waals surface area contributed by atoms with Crippen LogP contribution < -0.4 is 4.74 Å². The van der Waals surface area contributed by atoms with Gasteiger partial charge in [-0.25, -0.2) is 9.97 Å². The minimum absolute atomic E-state index is 0.150. The molecule has 0 fully saturated rings. The van der Waals surface area contributed by atoms with Crippen molar-refractivity contribution in [3.05, 3.63) is 40.7 Å². The number of hydrogen-bond donors (Lipinski definition) is 0. The summed E-state index contributed by atoms with van der Waals surface area (Å²) in [5.74, 6) is 0.191. The number of aromatic nitrogens is 3. The van der Waals surface area contributed by atoms with Gasteiger partial charge in [0.2, 0.25) is 5.88 Å². The number of carbonyl (C=O) groups is 1. The highest BCUT2D eigenvalue weighted by molar-refractivity contribution is 5.97. The van der Waals surface area contributed by atoms with E-state index in [0.717, 1.165) is 39.1 Å². The van der Waals surface area contributed by atoms with Gasteiger partial charge in [0.25, 0.3) is 5.91 Å². The average molecular weight is 425 g/mol. The van der Waals surface area contributed by atoms with Crippen LogP contribution in [0.1, 0.15) is 47.1 Å². The zero-order valence-corrected chi connectivity index (χ0v) is 19.7. The predicted molar refractivity (Wildman–Crippen MR) is 123 cm³/mol. The van der Waals surface area contributed by atoms with Gasteiger partial charge >= 0.3 is 0 Å². The van der Waals surface area contributed by atoms with Crippen molar-refractivity contribution in [3.8, 4) is 17.1 Å². The van der Waals surface area contributed by atoms with Crippen molar-refractivity contribution in [2.75, 3.05) is 34.9 Å². The van der Waals surface area contributed by atoms with Crippen molar-refractivity contribution in [1.29, 1.82) is 0 Å². The number of hydrogen-bond acceptors (Lipinski definition) is 5. The van der Waals surface area contributed by atoms with Gasteiger partial charge in [0.05, 0.1) is 42.2 Å². The molecule has 3 rings (SSSR count). The second-order valence-electron chi connectivity index (χ2n) is 8.14. The van der Waals surface area contributed by atoms with E-state index >= 15 is 0 Å². The van der Waals surface area contributed by atoms with Gasteiger partial charge in [-0.15, -0.1) is 0 Å². The van der Waals surface area contributed by atoms with Gasteiger partial charge in [-0.2, -0.15) is 0 Å². The first-order valence-electron chi connectivity index (χ1n) is 10.5. The van der Waals surface area contributed by atoms with Crippen LogP contribution in [0.15, 0.2) is 18.3 Å². The van der Waals surface area contributed by atoms with Crippen LogP contribution >= 0.6 is 0 Å². The molecule has 3 aromatic heterocycles. The molecule has 7 nitrogen and oxygen atoms in total. The molecule has 0 aromatic carbocycles. The standard InChI is InChI=1S/C24H32N4O3/c1-9-19-17(11-18(23(25-19)31-8)24(29)27(5)6)21-14(2)10-20-22(26-21)15(3)12-28(20)16(4)13-30-7/h10-12,16H,9,13H2,1-8H3/t16-/m0/s1. The van der Waals surface area contributed by atoms with Crippen LogP contribution in [0, 0.1) is 13.8 Å². The molecule has 0 aliphatic carbocycles. The van der Waals surface area contributed by atoms with Crippen LogP contribution in [0.2, 0.25) is 0 Å². The Morgan fingerprint density at radius 3 is 2.45 bits per heavy atom. The Kier molecular flexibility index (Phi) is 6.65. The first-order valence-corrected chi connectivity index (χ1v) is 10.5. The average Bonchev–Trinajstić information content (AvgIpc) is 3.07. The molecule has 7 heteroatoms. The Balaban J connectivity index is 2.25. The van der Waals surface area contributed by atoms with E-state index in [1.54, 1.807) is 21.2 Å². The zero-order valence-electron chi connectivity index (χ0n) is 19.7. The number of amides is 1. The molecule has 0 saturated heterocycles. The van der Waals surface area contributed by atoms with Crippen molar-refractivity contribution < 1.29 is 14.3 Å². The molecule has 0 radical (unpaired) electrons. The number of fused-ring (bicyclic) bond motifs is 1. The van der Waals surface area contributed by atoms with Crippen molar-refractivity contribution >= 4 is 16.9 Å². The second kappa shape index (κ2) is 9.06. The largest absolute Gasteiger partial charge is 0.480 e. The first-order chi connectivity index (χ1) is 14.7. The normalized spacial score (nSPS) is 12.3. The Hall–Kier alpha value is -2.93. The summed E-state index contributed by atoms with van der Waals surface area (Å²) in [6, 6.07) is 4.23. The van der Waals surface area contributed by atoms with Crippen LogP contribution in [0.4, 0.5) is 0 Å². The topological polar surface area (TPSA) is 69.5 Å². The number of carbonyl (C=O) groups excluding carboxylic acids is 1. The zero-order chi connectivity index (χ0) is 22.9. The molecule has 0 aliphatic heterocycles. The Morgan fingerprint density at radius 2 is 1.87 bits per heavy atom. The predicted octanol–water partition coefficient (Wildman–Crippen LogP) is 4.20. The smallest absolute Gasteiger partial charge is 0.258 e. The maximum absolute atomic E-state index is 12.8. The third kappa shape index (κ3) is 4.14. The summed E-state index contributed by atoms with van der Waals surface area (Å²) in [6.07, 6.45) is 2.82. The number of ether oxygens (including phenoxy) is 2. The number of pyridine rings is 2. The fourth-order valence-corrected chi connectivity index (χ4v) is 3.94. The van der Waals surface area contributed by atoms with E-state index in [1.807, 2.05) is 19.9 Å². The Labute approximate surface area is 184 Å². The molecule has 1 amide bonds. The van der Waals surface area contributed by atoms with Crippen LogP contribution in [0.5, 0.6) is 5.88 Å². The fraction of sp³-hybridized carbons (Fsp3) is 0.458. The van der Waals surface area contributed by atoms with E-state index in [2.05, 4.69) is 35.7 Å². The molecule has 3 aromatic rings. The molecule has 0 unspecified atom stereocenters. The van der Waals surface area contributed by atoms with Crippen LogP contribution in [-0.4, -0.2) is 60.3 Å². The highest BCUT2D eigenvalue weighted by atomic mass is 16.5. The molecule has 1 atom stereocenters. The van der Waals surface area contributed by atoms with Crippen LogP contribution in [0.25, 0.3) is 22.3 Å². The molecule has 0 spiro atoms. The molecular formula is C24H32N4O3. The summed E-state index contributed by atoms with van der Waals surface area (Å²) < 4.78 is 13.0. The van der Waals surface area contributed by atoms with E-state index in [1.165, 1.54) is 12.0 Å². The number of methoxy groups -OCH3 is 2. The van der Waals surface area contributed by atoms with Gasteiger partial charge in [-0.05, 0) is 50.5 Å². The van der Waals surface area contributed by atoms with E-state index in [4.69, 9.17) is 14.5 Å². The Morgan fingerprint density at radius 1 is 1.16 bits per heavy atom. The summed E-state index contributed by atoms with van der Waals surface area (Å²) in [5.41, 5.74) is 7.15. The summed E-state index contributed by atoms with van der Waals surface area (Å²) in [5, 5.41) is 0. The molecule has 0 aliphatic rings. The minimum atomic E-state index is -0.150. The maximum Gasteiger partial charge on any atom is 0.258 e. The number of rotatable bonds is 7. The summed E-state index contributed by atoms with van der Waals surface area (Å²) in [4.78, 5) is 24.0. The second-order valence-corrected chi connectivity index (χ2v) is 8.14. The molecule has 0 N–H and O–H groups in total. The molecule has 166 valence electrons. The van der Waals surface area contributed by atoms with Gasteiger partial charge in [0.1, 0.15) is 5.56 Å². The highest BCUT2D eigenvalue weighted by Crippen LogP contribution is 2.33. The Bertz CT molecular complexity index is 1120. The number of nitrogens with zero attached hydrogens (tertiary/aromatic N) is 4. The minimum Gasteiger partial charge on any atom is -0.480 e. The SMILES string of the molecule is CCc1nc(OC)c(C(=O)N(C)C)cc1-c1nc2c(C)cn([C@@H](C)COC)c2cc1C. The van der Waals surface area contributed by atoms with Gasteiger partial charge in [-0.1, -0.05) is 6.92 Å². The molecular weight excluding hydrogens is 392 g/mol. The van der Waals surface area contributed by atoms with E-state index in [0.29, 0.717) is 24.5 Å². The molecule has 31 heavy (non-hydrogen) atoms.